The Morgan fingerprint density at radius 3 is 2.35 bits per heavy atom. The maximum absolute atomic E-state index is 12.3. The van der Waals surface area contributed by atoms with Crippen molar-refractivity contribution in [3.63, 3.8) is 0 Å². The number of anilines is 2. The number of aromatic nitrogens is 1. The first-order valence-electron chi connectivity index (χ1n) is 7.51. The summed E-state index contributed by atoms with van der Waals surface area (Å²) < 4.78 is 32.3. The van der Waals surface area contributed by atoms with Gasteiger partial charge in [-0.25, -0.2) is 13.2 Å². The minimum atomic E-state index is -3.69. The summed E-state index contributed by atoms with van der Waals surface area (Å²) in [5.74, 6) is 0.252. The highest BCUT2D eigenvalue weighted by Crippen LogP contribution is 2.31. The lowest BCUT2D eigenvalue weighted by Gasteiger charge is -2.08. The van der Waals surface area contributed by atoms with Crippen LogP contribution in [0.25, 0.3) is 11.3 Å². The van der Waals surface area contributed by atoms with Gasteiger partial charge in [-0.3, -0.25) is 10.0 Å². The average Bonchev–Trinajstić information content (AvgIpc) is 2.96. The number of nitrogens with zero attached hydrogens (tertiary/aromatic N) is 1. The topological polar surface area (TPSA) is 122 Å². The molecule has 0 saturated carbocycles. The van der Waals surface area contributed by atoms with Gasteiger partial charge in [0.05, 0.1) is 4.90 Å². The van der Waals surface area contributed by atoms with Gasteiger partial charge in [0.25, 0.3) is 10.0 Å². The van der Waals surface area contributed by atoms with Crippen molar-refractivity contribution in [2.75, 3.05) is 10.0 Å². The summed E-state index contributed by atoms with van der Waals surface area (Å²) in [6, 6.07) is 14.3. The highest BCUT2D eigenvalue weighted by Gasteiger charge is 2.18. The fourth-order valence-corrected chi connectivity index (χ4v) is 3.40. The van der Waals surface area contributed by atoms with Crippen molar-refractivity contribution >= 4 is 27.5 Å². The molecule has 0 aliphatic carbocycles. The third kappa shape index (κ3) is 3.67. The second-order valence-electron chi connectivity index (χ2n) is 5.40. The Labute approximate surface area is 149 Å². The van der Waals surface area contributed by atoms with E-state index in [1.807, 2.05) is 0 Å². The number of hydrogen-bond acceptors (Lipinski definition) is 5. The van der Waals surface area contributed by atoms with Crippen molar-refractivity contribution in [1.82, 2.24) is 5.16 Å². The summed E-state index contributed by atoms with van der Waals surface area (Å²) in [4.78, 5) is 11.0. The van der Waals surface area contributed by atoms with E-state index in [0.717, 1.165) is 0 Å². The monoisotopic (exact) mass is 373 g/mol. The Hall–Kier alpha value is -3.33. The number of benzene rings is 2. The number of aryl methyl sites for hydroxylation is 1. The second kappa shape index (κ2) is 6.89. The van der Waals surface area contributed by atoms with Gasteiger partial charge in [-0.15, -0.1) is 0 Å². The fourth-order valence-electron chi connectivity index (χ4n) is 2.32. The SMILES string of the molecule is Cc1noc(-c2ccc(NS(=O)(=O)c3ccccc3)cc2)c1NC(=O)O. The summed E-state index contributed by atoms with van der Waals surface area (Å²) in [6.45, 7) is 1.61. The summed E-state index contributed by atoms with van der Waals surface area (Å²) in [5.41, 5.74) is 1.56. The second-order valence-corrected chi connectivity index (χ2v) is 7.08. The molecule has 0 bridgehead atoms. The first-order chi connectivity index (χ1) is 12.4. The minimum absolute atomic E-state index is 0.155. The fraction of sp³-hybridized carbons (Fsp3) is 0.0588. The first kappa shape index (κ1) is 17.5. The van der Waals surface area contributed by atoms with E-state index >= 15 is 0 Å². The molecule has 8 nitrogen and oxygen atoms in total. The average molecular weight is 373 g/mol. The maximum Gasteiger partial charge on any atom is 0.409 e. The van der Waals surface area contributed by atoms with Gasteiger partial charge >= 0.3 is 6.09 Å². The number of carboxylic acid groups (broad SMARTS) is 1. The van der Waals surface area contributed by atoms with Crippen molar-refractivity contribution in [2.45, 2.75) is 11.8 Å². The van der Waals surface area contributed by atoms with Crippen molar-refractivity contribution in [3.05, 3.63) is 60.3 Å². The molecule has 0 unspecified atom stereocenters. The van der Waals surface area contributed by atoms with E-state index in [1.54, 1.807) is 49.4 Å². The molecule has 1 heterocycles. The van der Waals surface area contributed by atoms with Crippen LogP contribution in [0.4, 0.5) is 16.2 Å². The largest absolute Gasteiger partial charge is 0.465 e. The molecule has 0 spiro atoms. The van der Waals surface area contributed by atoms with E-state index in [9.17, 15) is 13.2 Å². The zero-order valence-corrected chi connectivity index (χ0v) is 14.4. The number of amides is 1. The van der Waals surface area contributed by atoms with Crippen LogP contribution in [0.15, 0.2) is 64.0 Å². The normalized spacial score (nSPS) is 11.1. The lowest BCUT2D eigenvalue weighted by atomic mass is 10.1. The van der Waals surface area contributed by atoms with Gasteiger partial charge in [0.2, 0.25) is 0 Å². The predicted molar refractivity (Wildman–Crippen MR) is 95.6 cm³/mol. The van der Waals surface area contributed by atoms with Crippen molar-refractivity contribution in [2.24, 2.45) is 0 Å². The molecule has 2 aromatic carbocycles. The van der Waals surface area contributed by atoms with Gasteiger partial charge in [0, 0.05) is 11.3 Å². The smallest absolute Gasteiger partial charge is 0.409 e. The van der Waals surface area contributed by atoms with Crippen LogP contribution in [-0.2, 0) is 10.0 Å². The summed E-state index contributed by atoms with van der Waals surface area (Å²) in [5, 5.41) is 14.9. The predicted octanol–water partition coefficient (Wildman–Crippen LogP) is 3.54. The van der Waals surface area contributed by atoms with Gasteiger partial charge in [0.15, 0.2) is 5.76 Å². The van der Waals surface area contributed by atoms with E-state index < -0.39 is 16.1 Å². The third-order valence-electron chi connectivity index (χ3n) is 3.55. The lowest BCUT2D eigenvalue weighted by molar-refractivity contribution is 0.209. The van der Waals surface area contributed by atoms with Crippen LogP contribution in [0.5, 0.6) is 0 Å². The highest BCUT2D eigenvalue weighted by molar-refractivity contribution is 7.92. The van der Waals surface area contributed by atoms with Gasteiger partial charge in [0.1, 0.15) is 11.4 Å². The van der Waals surface area contributed by atoms with Gasteiger partial charge in [-0.2, -0.15) is 0 Å². The molecule has 0 saturated heterocycles. The zero-order valence-electron chi connectivity index (χ0n) is 13.6. The van der Waals surface area contributed by atoms with Crippen LogP contribution in [0, 0.1) is 6.92 Å². The molecule has 0 fully saturated rings. The number of nitrogens with one attached hydrogen (secondary N) is 2. The van der Waals surface area contributed by atoms with E-state index in [-0.39, 0.29) is 16.3 Å². The van der Waals surface area contributed by atoms with Crippen molar-refractivity contribution in [1.29, 1.82) is 0 Å². The van der Waals surface area contributed by atoms with Crippen molar-refractivity contribution in [3.8, 4) is 11.3 Å². The lowest BCUT2D eigenvalue weighted by Crippen LogP contribution is -2.12. The molecule has 26 heavy (non-hydrogen) atoms. The Morgan fingerprint density at radius 1 is 1.08 bits per heavy atom. The number of rotatable bonds is 5. The van der Waals surface area contributed by atoms with E-state index in [0.29, 0.717) is 16.9 Å². The Bertz CT molecular complexity index is 1030. The van der Waals surface area contributed by atoms with Crippen LogP contribution in [0.3, 0.4) is 0 Å². The highest BCUT2D eigenvalue weighted by atomic mass is 32.2. The molecule has 0 aliphatic heterocycles. The van der Waals surface area contributed by atoms with Crippen LogP contribution < -0.4 is 10.0 Å². The Kier molecular flexibility index (Phi) is 4.63. The first-order valence-corrected chi connectivity index (χ1v) is 8.99. The molecule has 3 N–H and O–H groups in total. The summed E-state index contributed by atoms with van der Waals surface area (Å²) in [7, 11) is -3.69. The van der Waals surface area contributed by atoms with Crippen LogP contribution in [-0.4, -0.2) is 24.8 Å². The third-order valence-corrected chi connectivity index (χ3v) is 4.94. The van der Waals surface area contributed by atoms with E-state index in [4.69, 9.17) is 9.63 Å². The van der Waals surface area contributed by atoms with Crippen LogP contribution in [0.1, 0.15) is 5.69 Å². The molecule has 1 amide bonds. The number of sulfonamides is 1. The number of carbonyl (C=O) groups is 1. The standard InChI is InChI=1S/C17H15N3O5S/c1-11-15(18-17(21)22)16(25-19-11)12-7-9-13(10-8-12)20-26(23,24)14-5-3-2-4-6-14/h2-10,18,20H,1H3,(H,21,22). The van der Waals surface area contributed by atoms with Gasteiger partial charge < -0.3 is 9.63 Å². The minimum Gasteiger partial charge on any atom is -0.465 e. The maximum atomic E-state index is 12.3. The van der Waals surface area contributed by atoms with E-state index in [2.05, 4.69) is 15.2 Å². The Balaban J connectivity index is 1.85. The summed E-state index contributed by atoms with van der Waals surface area (Å²) in [6.07, 6.45) is -1.23. The van der Waals surface area contributed by atoms with Crippen molar-refractivity contribution < 1.29 is 22.8 Å². The van der Waals surface area contributed by atoms with E-state index in [1.165, 1.54) is 12.1 Å². The van der Waals surface area contributed by atoms with Crippen LogP contribution in [0.2, 0.25) is 0 Å². The van der Waals surface area contributed by atoms with Gasteiger partial charge in [-0.05, 0) is 43.3 Å². The van der Waals surface area contributed by atoms with Gasteiger partial charge in [-0.1, -0.05) is 23.4 Å². The quantitative estimate of drug-likeness (QED) is 0.629. The molecule has 134 valence electrons. The molecule has 9 heteroatoms. The molecular formula is C17H15N3O5S. The zero-order chi connectivity index (χ0) is 18.7. The number of hydrogen-bond donors (Lipinski definition) is 3. The Morgan fingerprint density at radius 2 is 1.73 bits per heavy atom. The molecule has 0 atom stereocenters. The summed E-state index contributed by atoms with van der Waals surface area (Å²) >= 11 is 0. The molecule has 0 radical (unpaired) electrons. The molecule has 0 aliphatic rings. The molecule has 3 aromatic rings. The van der Waals surface area contributed by atoms with Crippen LogP contribution >= 0.6 is 0 Å². The molecular weight excluding hydrogens is 358 g/mol. The molecule has 1 aromatic heterocycles. The molecule has 3 rings (SSSR count).